The molecule has 4 heteroatoms. The Bertz CT molecular complexity index is 443. The van der Waals surface area contributed by atoms with Gasteiger partial charge < -0.3 is 0 Å². The van der Waals surface area contributed by atoms with Gasteiger partial charge in [-0.05, 0) is 17.7 Å². The molecule has 0 heterocycles. The molecule has 1 unspecified atom stereocenters. The highest BCUT2D eigenvalue weighted by molar-refractivity contribution is 5.92. The lowest BCUT2D eigenvalue weighted by Gasteiger charge is -2.42. The van der Waals surface area contributed by atoms with Gasteiger partial charge in [-0.25, -0.2) is 0 Å². The van der Waals surface area contributed by atoms with Crippen LogP contribution < -0.4 is 0 Å². The number of Topliss-reactive ketones (excluding diaryl/α,β-unsaturated/α-hetero) is 1. The van der Waals surface area contributed by atoms with Crippen LogP contribution in [0.5, 0.6) is 0 Å². The highest BCUT2D eigenvalue weighted by Crippen LogP contribution is 2.49. The molecule has 0 saturated heterocycles. The second-order valence-electron chi connectivity index (χ2n) is 5.02. The largest absolute Gasteiger partial charge is 0.416 e. The summed E-state index contributed by atoms with van der Waals surface area (Å²) in [5.41, 5.74) is -0.285. The van der Waals surface area contributed by atoms with Gasteiger partial charge in [-0.2, -0.15) is 13.2 Å². The quantitative estimate of drug-likeness (QED) is 0.732. The summed E-state index contributed by atoms with van der Waals surface area (Å²) in [6.45, 7) is 3.67. The number of hydrogen-bond acceptors (Lipinski definition) is 1. The van der Waals surface area contributed by atoms with Crippen molar-refractivity contribution in [3.05, 3.63) is 35.4 Å². The van der Waals surface area contributed by atoms with Crippen molar-refractivity contribution >= 4 is 5.78 Å². The molecule has 1 aromatic rings. The SMILES string of the molecule is CC1(C)C(=O)CC1c1ccc(C(F)(F)F)cc1. The predicted octanol–water partition coefficient (Wildman–Crippen LogP) is 3.79. The van der Waals surface area contributed by atoms with E-state index in [0.717, 1.165) is 17.7 Å². The summed E-state index contributed by atoms with van der Waals surface area (Å²) in [6.07, 6.45) is -3.87. The number of carbonyl (C=O) groups excluding carboxylic acids is 1. The Morgan fingerprint density at radius 1 is 1.18 bits per heavy atom. The molecule has 1 fully saturated rings. The first kappa shape index (κ1) is 12.1. The third-order valence-corrected chi connectivity index (χ3v) is 3.62. The fourth-order valence-electron chi connectivity index (χ4n) is 2.21. The average molecular weight is 242 g/mol. The Balaban J connectivity index is 2.23. The molecular formula is C13H13F3O. The molecule has 0 N–H and O–H groups in total. The Hall–Kier alpha value is -1.32. The van der Waals surface area contributed by atoms with Gasteiger partial charge >= 0.3 is 6.18 Å². The van der Waals surface area contributed by atoms with Gasteiger partial charge in [0.2, 0.25) is 0 Å². The number of rotatable bonds is 1. The summed E-state index contributed by atoms with van der Waals surface area (Å²) in [6, 6.07) is 5.10. The first-order valence-corrected chi connectivity index (χ1v) is 5.43. The lowest BCUT2D eigenvalue weighted by atomic mass is 9.59. The molecule has 1 atom stereocenters. The van der Waals surface area contributed by atoms with E-state index in [1.807, 2.05) is 13.8 Å². The second kappa shape index (κ2) is 3.59. The van der Waals surface area contributed by atoms with Crippen molar-refractivity contribution in [3.63, 3.8) is 0 Å². The van der Waals surface area contributed by atoms with Crippen molar-refractivity contribution in [2.45, 2.75) is 32.4 Å². The minimum Gasteiger partial charge on any atom is -0.299 e. The second-order valence-corrected chi connectivity index (χ2v) is 5.02. The van der Waals surface area contributed by atoms with E-state index in [9.17, 15) is 18.0 Å². The van der Waals surface area contributed by atoms with Gasteiger partial charge in [-0.1, -0.05) is 26.0 Å². The van der Waals surface area contributed by atoms with E-state index in [2.05, 4.69) is 0 Å². The van der Waals surface area contributed by atoms with Crippen molar-refractivity contribution < 1.29 is 18.0 Å². The molecule has 1 aliphatic rings. The summed E-state index contributed by atoms with van der Waals surface area (Å²) >= 11 is 0. The summed E-state index contributed by atoms with van der Waals surface area (Å²) in [5, 5.41) is 0. The van der Waals surface area contributed by atoms with E-state index in [-0.39, 0.29) is 11.7 Å². The van der Waals surface area contributed by atoms with E-state index < -0.39 is 17.2 Å². The molecule has 2 rings (SSSR count). The van der Waals surface area contributed by atoms with Crippen LogP contribution in [0.15, 0.2) is 24.3 Å². The van der Waals surface area contributed by atoms with Crippen LogP contribution in [0.3, 0.4) is 0 Å². The molecule has 0 aromatic heterocycles. The van der Waals surface area contributed by atoms with Crippen LogP contribution >= 0.6 is 0 Å². The number of ketones is 1. The molecule has 0 bridgehead atoms. The molecule has 1 saturated carbocycles. The molecule has 1 aliphatic carbocycles. The molecule has 0 spiro atoms. The number of hydrogen-bond donors (Lipinski definition) is 0. The molecule has 0 radical (unpaired) electrons. The molecule has 0 amide bonds. The maximum atomic E-state index is 12.4. The first-order chi connectivity index (χ1) is 7.73. The zero-order valence-electron chi connectivity index (χ0n) is 9.64. The Kier molecular flexibility index (Phi) is 2.56. The molecule has 0 aliphatic heterocycles. The highest BCUT2D eigenvalue weighted by Gasteiger charge is 2.47. The van der Waals surface area contributed by atoms with Crippen LogP contribution in [0, 0.1) is 5.41 Å². The number of alkyl halides is 3. The Labute approximate surface area is 97.6 Å². The van der Waals surface area contributed by atoms with Gasteiger partial charge in [0.1, 0.15) is 5.78 Å². The number of halogens is 3. The fourth-order valence-corrected chi connectivity index (χ4v) is 2.21. The van der Waals surface area contributed by atoms with Crippen LogP contribution in [-0.4, -0.2) is 5.78 Å². The third-order valence-electron chi connectivity index (χ3n) is 3.62. The van der Waals surface area contributed by atoms with E-state index in [1.165, 1.54) is 12.1 Å². The monoisotopic (exact) mass is 242 g/mol. The summed E-state index contributed by atoms with van der Waals surface area (Å²) in [7, 11) is 0. The fraction of sp³-hybridized carbons (Fsp3) is 0.462. The van der Waals surface area contributed by atoms with E-state index in [0.29, 0.717) is 6.42 Å². The molecular weight excluding hydrogens is 229 g/mol. The standard InChI is InChI=1S/C13H13F3O/c1-12(2)10(7-11(12)17)8-3-5-9(6-4-8)13(14,15)16/h3-6,10H,7H2,1-2H3. The van der Waals surface area contributed by atoms with Crippen LogP contribution in [-0.2, 0) is 11.0 Å². The summed E-state index contributed by atoms with van der Waals surface area (Å²) in [4.78, 5) is 11.4. The normalized spacial score (nSPS) is 23.4. The zero-order valence-corrected chi connectivity index (χ0v) is 9.64. The van der Waals surface area contributed by atoms with Gasteiger partial charge in [0.15, 0.2) is 0 Å². The summed E-state index contributed by atoms with van der Waals surface area (Å²) in [5.74, 6) is 0.208. The van der Waals surface area contributed by atoms with Gasteiger partial charge in [-0.3, -0.25) is 4.79 Å². The molecule has 1 nitrogen and oxygen atoms in total. The van der Waals surface area contributed by atoms with Crippen LogP contribution in [0.2, 0.25) is 0 Å². The summed E-state index contributed by atoms with van der Waals surface area (Å²) < 4.78 is 37.1. The van der Waals surface area contributed by atoms with Crippen LogP contribution in [0.1, 0.15) is 37.3 Å². The highest BCUT2D eigenvalue weighted by atomic mass is 19.4. The lowest BCUT2D eigenvalue weighted by Crippen LogP contribution is -2.43. The van der Waals surface area contributed by atoms with Gasteiger partial charge in [-0.15, -0.1) is 0 Å². The Morgan fingerprint density at radius 2 is 1.71 bits per heavy atom. The molecule has 17 heavy (non-hydrogen) atoms. The van der Waals surface area contributed by atoms with Crippen molar-refractivity contribution in [1.29, 1.82) is 0 Å². The molecule has 92 valence electrons. The van der Waals surface area contributed by atoms with Gasteiger partial charge in [0, 0.05) is 17.8 Å². The maximum absolute atomic E-state index is 12.4. The van der Waals surface area contributed by atoms with E-state index in [1.54, 1.807) is 0 Å². The predicted molar refractivity (Wildman–Crippen MR) is 57.6 cm³/mol. The van der Waals surface area contributed by atoms with E-state index in [4.69, 9.17) is 0 Å². The third kappa shape index (κ3) is 1.96. The lowest BCUT2D eigenvalue weighted by molar-refractivity contribution is -0.139. The van der Waals surface area contributed by atoms with Gasteiger partial charge in [0.05, 0.1) is 5.56 Å². The van der Waals surface area contributed by atoms with Crippen molar-refractivity contribution in [2.24, 2.45) is 5.41 Å². The molecule has 1 aromatic carbocycles. The number of carbonyl (C=O) groups is 1. The van der Waals surface area contributed by atoms with Crippen LogP contribution in [0.4, 0.5) is 13.2 Å². The maximum Gasteiger partial charge on any atom is 0.416 e. The zero-order chi connectivity index (χ0) is 12.8. The minimum atomic E-state index is -4.30. The minimum absolute atomic E-state index is 0.0392. The van der Waals surface area contributed by atoms with Crippen molar-refractivity contribution in [3.8, 4) is 0 Å². The van der Waals surface area contributed by atoms with Crippen molar-refractivity contribution in [1.82, 2.24) is 0 Å². The van der Waals surface area contributed by atoms with Crippen molar-refractivity contribution in [2.75, 3.05) is 0 Å². The Morgan fingerprint density at radius 3 is 2.06 bits per heavy atom. The first-order valence-electron chi connectivity index (χ1n) is 5.43. The van der Waals surface area contributed by atoms with E-state index >= 15 is 0 Å². The topological polar surface area (TPSA) is 17.1 Å². The van der Waals surface area contributed by atoms with Crippen LogP contribution in [0.25, 0.3) is 0 Å². The number of benzene rings is 1. The smallest absolute Gasteiger partial charge is 0.299 e. The average Bonchev–Trinajstić information content (AvgIpc) is 2.25. The van der Waals surface area contributed by atoms with Gasteiger partial charge in [0.25, 0.3) is 0 Å².